The smallest absolute Gasteiger partial charge is 0.352 e. The normalized spacial score (nSPS) is 24.7. The minimum atomic E-state index is -1.03. The van der Waals surface area contributed by atoms with E-state index in [0.29, 0.717) is 5.75 Å². The fourth-order valence-electron chi connectivity index (χ4n) is 2.44. The van der Waals surface area contributed by atoms with Gasteiger partial charge in [-0.25, -0.2) is 4.79 Å². The number of rotatable bonds is 3. The van der Waals surface area contributed by atoms with E-state index < -0.39 is 10.7 Å². The predicted molar refractivity (Wildman–Crippen MR) is 100 cm³/mol. The van der Waals surface area contributed by atoms with Crippen LogP contribution in [0.15, 0.2) is 47.0 Å². The molecule has 5 N–H and O–H groups in total. The minimum absolute atomic E-state index is 0.000000000000000222. The molecule has 24 heavy (non-hydrogen) atoms. The molecule has 128 valence electrons. The predicted octanol–water partition coefficient (Wildman–Crippen LogP) is 1.61. The van der Waals surface area contributed by atoms with Crippen LogP contribution in [0, 0.1) is 0 Å². The zero-order valence-electron chi connectivity index (χ0n) is 12.8. The van der Waals surface area contributed by atoms with Gasteiger partial charge in [-0.3, -0.25) is 9.69 Å². The first-order valence-electron chi connectivity index (χ1n) is 6.95. The summed E-state index contributed by atoms with van der Waals surface area (Å²) in [4.78, 5) is 26.0. The number of hydrogen-bond donors (Lipinski definition) is 3. The lowest BCUT2D eigenvalue weighted by Gasteiger charge is -2.54. The van der Waals surface area contributed by atoms with Gasteiger partial charge in [0.05, 0.1) is 0 Å². The molecule has 0 aliphatic carbocycles. The molecule has 0 radical (unpaired) electrons. The first-order chi connectivity index (χ1) is 11.3. The van der Waals surface area contributed by atoms with Gasteiger partial charge in [-0.2, -0.15) is 0 Å². The molecule has 0 spiro atoms. The Labute approximate surface area is 153 Å². The molecule has 1 fully saturated rings. The SMILES string of the molecule is CC1(Sc2ccccc2)C(=O)N2C(C(=O)O)=CCS[C@H]21.NC(N)=S. The zero-order valence-corrected chi connectivity index (χ0v) is 15.3. The molecule has 1 amide bonds. The number of carbonyl (C=O) groups is 2. The first-order valence-corrected chi connectivity index (χ1v) is 9.22. The van der Waals surface area contributed by atoms with Crippen LogP contribution in [-0.2, 0) is 9.59 Å². The number of amides is 1. The number of thioether (sulfide) groups is 2. The van der Waals surface area contributed by atoms with Crippen molar-refractivity contribution in [2.24, 2.45) is 11.5 Å². The molecule has 0 bridgehead atoms. The van der Waals surface area contributed by atoms with Crippen LogP contribution < -0.4 is 11.5 Å². The average molecular weight is 384 g/mol. The molecule has 2 aliphatic rings. The molecule has 2 aliphatic heterocycles. The summed E-state index contributed by atoms with van der Waals surface area (Å²) in [6, 6.07) is 9.73. The second-order valence-corrected chi connectivity index (χ2v) is 8.29. The van der Waals surface area contributed by atoms with E-state index in [4.69, 9.17) is 5.11 Å². The number of hydrogen-bond acceptors (Lipinski definition) is 5. The molecule has 2 atom stereocenters. The third kappa shape index (κ3) is 3.68. The number of carboxylic acids is 1. The van der Waals surface area contributed by atoms with Crippen molar-refractivity contribution in [1.29, 1.82) is 0 Å². The van der Waals surface area contributed by atoms with Crippen molar-refractivity contribution in [2.45, 2.75) is 21.9 Å². The average Bonchev–Trinajstić information content (AvgIpc) is 2.54. The highest BCUT2D eigenvalue weighted by atomic mass is 32.2. The summed E-state index contributed by atoms with van der Waals surface area (Å²) >= 11 is 7.21. The molecule has 0 aromatic heterocycles. The van der Waals surface area contributed by atoms with Crippen LogP contribution >= 0.6 is 35.7 Å². The number of aliphatic carboxylic acids is 1. The van der Waals surface area contributed by atoms with Gasteiger partial charge in [-0.15, -0.1) is 23.5 Å². The number of benzene rings is 1. The number of nitrogens with two attached hydrogens (primary N) is 2. The van der Waals surface area contributed by atoms with Gasteiger partial charge in [-0.1, -0.05) is 18.2 Å². The van der Waals surface area contributed by atoms with Crippen molar-refractivity contribution < 1.29 is 14.7 Å². The maximum absolute atomic E-state index is 12.4. The number of nitrogens with zero attached hydrogens (tertiary/aromatic N) is 1. The van der Waals surface area contributed by atoms with Gasteiger partial charge < -0.3 is 16.6 Å². The standard InChI is InChI=1S/C14H13NO3S2.CH4N2S/c1-14(20-9-5-3-2-4-6-9)12(18)15-10(11(16)17)7-8-19-13(14)15;2-1(3)4/h2-7,13H,8H2,1H3,(H,16,17);(H4,2,3,4)/t13-,14?;/m0./s1. The van der Waals surface area contributed by atoms with Crippen LogP contribution in [0.25, 0.3) is 0 Å². The fraction of sp³-hybridized carbons (Fsp3) is 0.267. The van der Waals surface area contributed by atoms with Crippen molar-refractivity contribution in [2.75, 3.05) is 5.75 Å². The number of carboxylic acid groups (broad SMARTS) is 1. The van der Waals surface area contributed by atoms with Crippen LogP contribution in [-0.4, -0.2) is 42.9 Å². The monoisotopic (exact) mass is 383 g/mol. The van der Waals surface area contributed by atoms with Gasteiger partial charge in [0.25, 0.3) is 0 Å². The van der Waals surface area contributed by atoms with Crippen molar-refractivity contribution in [3.05, 3.63) is 42.1 Å². The van der Waals surface area contributed by atoms with E-state index in [0.717, 1.165) is 4.90 Å². The summed E-state index contributed by atoms with van der Waals surface area (Å²) in [5, 5.41) is 9.05. The summed E-state index contributed by atoms with van der Waals surface area (Å²) in [5.74, 6) is -0.534. The zero-order chi connectivity index (χ0) is 17.9. The number of carbonyl (C=O) groups excluding carboxylic acids is 1. The Morgan fingerprint density at radius 2 is 2.00 bits per heavy atom. The minimum Gasteiger partial charge on any atom is -0.477 e. The highest BCUT2D eigenvalue weighted by molar-refractivity contribution is 8.05. The first kappa shape index (κ1) is 18.6. The third-order valence-corrected chi connectivity index (χ3v) is 6.27. The van der Waals surface area contributed by atoms with E-state index in [2.05, 4.69) is 23.7 Å². The number of β-lactam (4-membered cyclic amide) rings is 1. The fourth-order valence-corrected chi connectivity index (χ4v) is 5.17. The van der Waals surface area contributed by atoms with E-state index in [1.807, 2.05) is 37.3 Å². The van der Waals surface area contributed by atoms with E-state index in [1.54, 1.807) is 17.8 Å². The molecule has 3 rings (SSSR count). The summed E-state index contributed by atoms with van der Waals surface area (Å²) < 4.78 is -0.596. The molecular formula is C15H17N3O3S3. The quantitative estimate of drug-likeness (QED) is 0.533. The Balaban J connectivity index is 0.000000471. The van der Waals surface area contributed by atoms with E-state index >= 15 is 0 Å². The number of thiocarbonyl (C=S) groups is 1. The third-order valence-electron chi connectivity index (χ3n) is 3.43. The Kier molecular flexibility index (Phi) is 5.79. The van der Waals surface area contributed by atoms with Crippen molar-refractivity contribution >= 4 is 52.7 Å². The maximum Gasteiger partial charge on any atom is 0.352 e. The van der Waals surface area contributed by atoms with Crippen LogP contribution in [0.5, 0.6) is 0 Å². The lowest BCUT2D eigenvalue weighted by Crippen LogP contribution is -2.70. The molecule has 9 heteroatoms. The summed E-state index contributed by atoms with van der Waals surface area (Å²) in [7, 11) is 0. The maximum atomic E-state index is 12.4. The largest absolute Gasteiger partial charge is 0.477 e. The van der Waals surface area contributed by atoms with Crippen LogP contribution in [0.4, 0.5) is 0 Å². The van der Waals surface area contributed by atoms with Crippen molar-refractivity contribution in [3.8, 4) is 0 Å². The van der Waals surface area contributed by atoms with Crippen LogP contribution in [0.1, 0.15) is 6.92 Å². The molecular weight excluding hydrogens is 366 g/mol. The Morgan fingerprint density at radius 1 is 1.42 bits per heavy atom. The molecule has 1 aromatic carbocycles. The van der Waals surface area contributed by atoms with Gasteiger partial charge in [0.2, 0.25) is 5.91 Å². The Morgan fingerprint density at radius 3 is 2.54 bits per heavy atom. The molecule has 1 unspecified atom stereocenters. The summed E-state index contributed by atoms with van der Waals surface area (Å²) in [6.45, 7) is 1.89. The van der Waals surface area contributed by atoms with Gasteiger partial charge in [-0.05, 0) is 37.4 Å². The highest BCUT2D eigenvalue weighted by Crippen LogP contribution is 2.53. The van der Waals surface area contributed by atoms with E-state index in [-0.39, 0.29) is 22.1 Å². The second-order valence-electron chi connectivity index (χ2n) is 5.18. The lowest BCUT2D eigenvalue weighted by atomic mass is 9.98. The van der Waals surface area contributed by atoms with Gasteiger partial charge in [0, 0.05) is 10.6 Å². The molecule has 2 heterocycles. The van der Waals surface area contributed by atoms with Gasteiger partial charge >= 0.3 is 5.97 Å². The van der Waals surface area contributed by atoms with Crippen LogP contribution in [0.3, 0.4) is 0 Å². The summed E-state index contributed by atoms with van der Waals surface area (Å²) in [5.41, 5.74) is 9.36. The Bertz CT molecular complexity index is 692. The van der Waals surface area contributed by atoms with E-state index in [9.17, 15) is 9.59 Å². The van der Waals surface area contributed by atoms with Crippen LogP contribution in [0.2, 0.25) is 0 Å². The lowest BCUT2D eigenvalue weighted by molar-refractivity contribution is -0.148. The van der Waals surface area contributed by atoms with Gasteiger partial charge in [0.15, 0.2) is 5.11 Å². The van der Waals surface area contributed by atoms with Gasteiger partial charge in [0.1, 0.15) is 15.8 Å². The highest BCUT2D eigenvalue weighted by Gasteiger charge is 2.61. The second kappa shape index (κ2) is 7.45. The molecule has 6 nitrogen and oxygen atoms in total. The van der Waals surface area contributed by atoms with Crippen molar-refractivity contribution in [1.82, 2.24) is 4.90 Å². The Hall–Kier alpha value is -1.71. The van der Waals surface area contributed by atoms with Crippen molar-refractivity contribution in [3.63, 3.8) is 0 Å². The number of fused-ring (bicyclic) bond motifs is 1. The topological polar surface area (TPSA) is 110 Å². The molecule has 1 saturated heterocycles. The summed E-state index contributed by atoms with van der Waals surface area (Å²) in [6.07, 6.45) is 1.61. The molecule has 1 aromatic rings. The molecule has 0 saturated carbocycles. The van der Waals surface area contributed by atoms with E-state index in [1.165, 1.54) is 16.7 Å².